The van der Waals surface area contributed by atoms with Crippen LogP contribution in [0.25, 0.3) is 10.9 Å². The molecule has 0 aliphatic heterocycles. The molecule has 0 unspecified atom stereocenters. The topological polar surface area (TPSA) is 53.2 Å². The predicted molar refractivity (Wildman–Crippen MR) is 107 cm³/mol. The molecule has 0 fully saturated rings. The van der Waals surface area contributed by atoms with Crippen molar-refractivity contribution in [2.45, 2.75) is 45.5 Å². The summed E-state index contributed by atoms with van der Waals surface area (Å²) in [6.45, 7) is 1.71. The second-order valence-corrected chi connectivity index (χ2v) is 7.35. The summed E-state index contributed by atoms with van der Waals surface area (Å²) in [5.41, 5.74) is 2.47. The van der Waals surface area contributed by atoms with Gasteiger partial charge in [0.15, 0.2) is 0 Å². The number of methoxy groups -OCH3 is 1. The zero-order valence-corrected chi connectivity index (χ0v) is 17.1. The van der Waals surface area contributed by atoms with E-state index in [2.05, 4.69) is 0 Å². The van der Waals surface area contributed by atoms with Crippen molar-refractivity contribution >= 4 is 16.9 Å². The van der Waals surface area contributed by atoms with Crippen molar-refractivity contribution in [3.63, 3.8) is 0 Å². The minimum atomic E-state index is -4.27. The largest absolute Gasteiger partial charge is 0.468 e. The lowest BCUT2D eigenvalue weighted by atomic mass is 10.0. The number of rotatable bonds is 7. The Bertz CT molecular complexity index is 1160. The molecule has 0 atom stereocenters. The third kappa shape index (κ3) is 5.34. The van der Waals surface area contributed by atoms with E-state index in [4.69, 9.17) is 4.74 Å². The first-order valence-corrected chi connectivity index (χ1v) is 9.69. The Balaban J connectivity index is 1.95. The molecular weight excluding hydrogens is 416 g/mol. The molecule has 9 heteroatoms. The first-order valence-electron chi connectivity index (χ1n) is 9.69. The molecule has 31 heavy (non-hydrogen) atoms. The van der Waals surface area contributed by atoms with Crippen LogP contribution in [0, 0.1) is 12.7 Å². The Morgan fingerprint density at radius 2 is 1.90 bits per heavy atom. The lowest BCUT2D eigenvalue weighted by Gasteiger charge is -2.10. The van der Waals surface area contributed by atoms with Crippen molar-refractivity contribution in [3.05, 3.63) is 69.5 Å². The molecule has 0 bridgehead atoms. The Morgan fingerprint density at radius 3 is 2.58 bits per heavy atom. The van der Waals surface area contributed by atoms with Gasteiger partial charge in [0.1, 0.15) is 12.4 Å². The van der Waals surface area contributed by atoms with E-state index in [0.717, 1.165) is 11.3 Å². The molecule has 166 valence electrons. The molecule has 0 aliphatic carbocycles. The Kier molecular flexibility index (Phi) is 6.52. The van der Waals surface area contributed by atoms with E-state index in [1.54, 1.807) is 23.6 Å². The number of hydrogen-bond donors (Lipinski definition) is 0. The number of benzene rings is 1. The quantitative estimate of drug-likeness (QED) is 0.407. The zero-order chi connectivity index (χ0) is 22.8. The van der Waals surface area contributed by atoms with Crippen molar-refractivity contribution in [2.24, 2.45) is 0 Å². The van der Waals surface area contributed by atoms with Crippen molar-refractivity contribution in [1.82, 2.24) is 9.13 Å². The number of ether oxygens (including phenoxy) is 1. The molecule has 0 amide bonds. The number of aryl methyl sites for hydroxylation is 1. The zero-order valence-electron chi connectivity index (χ0n) is 17.1. The van der Waals surface area contributed by atoms with Gasteiger partial charge in [0, 0.05) is 48.2 Å². The summed E-state index contributed by atoms with van der Waals surface area (Å²) in [5, 5.41) is 0.622. The second-order valence-electron chi connectivity index (χ2n) is 7.35. The minimum absolute atomic E-state index is 0.0403. The highest BCUT2D eigenvalue weighted by molar-refractivity contribution is 5.87. The summed E-state index contributed by atoms with van der Waals surface area (Å²) in [4.78, 5) is 23.9. The lowest BCUT2D eigenvalue weighted by molar-refractivity contribution is -0.141. The van der Waals surface area contributed by atoms with Gasteiger partial charge in [-0.25, -0.2) is 4.39 Å². The number of carbonyl (C=O) groups is 1. The van der Waals surface area contributed by atoms with Crippen LogP contribution in [0.2, 0.25) is 0 Å². The molecule has 0 N–H and O–H groups in total. The SMILES string of the molecule is COC(=O)Cn1c(C)c(Cc2ccc(=O)n(CCCC(F)(F)F)c2)c2cc(F)ccc21. The van der Waals surface area contributed by atoms with E-state index < -0.39 is 24.4 Å². The first-order chi connectivity index (χ1) is 14.6. The third-order valence-electron chi connectivity index (χ3n) is 5.22. The molecule has 3 aromatic rings. The maximum absolute atomic E-state index is 13.9. The van der Waals surface area contributed by atoms with E-state index in [1.165, 1.54) is 36.1 Å². The Hall–Kier alpha value is -3.10. The molecule has 0 aliphatic rings. The van der Waals surface area contributed by atoms with E-state index in [-0.39, 0.29) is 25.1 Å². The highest BCUT2D eigenvalue weighted by Gasteiger charge is 2.26. The molecule has 5 nitrogen and oxygen atoms in total. The molecule has 2 aromatic heterocycles. The van der Waals surface area contributed by atoms with Gasteiger partial charge in [0.2, 0.25) is 0 Å². The maximum atomic E-state index is 13.9. The molecule has 0 saturated heterocycles. The van der Waals surface area contributed by atoms with Crippen molar-refractivity contribution in [3.8, 4) is 0 Å². The number of alkyl halides is 3. The summed E-state index contributed by atoms with van der Waals surface area (Å²) in [7, 11) is 1.28. The molecule has 2 heterocycles. The van der Waals surface area contributed by atoms with E-state index in [1.807, 2.05) is 0 Å². The summed E-state index contributed by atoms with van der Waals surface area (Å²) >= 11 is 0. The van der Waals surface area contributed by atoms with E-state index in [9.17, 15) is 27.2 Å². The average Bonchev–Trinajstić information content (AvgIpc) is 2.94. The Labute approximate surface area is 175 Å². The highest BCUT2D eigenvalue weighted by atomic mass is 19.4. The number of aromatic nitrogens is 2. The average molecular weight is 438 g/mol. The third-order valence-corrected chi connectivity index (χ3v) is 5.22. The second kappa shape index (κ2) is 8.95. The number of fused-ring (bicyclic) bond motifs is 1. The minimum Gasteiger partial charge on any atom is -0.468 e. The molecule has 0 saturated carbocycles. The number of esters is 1. The molecule has 1 aromatic carbocycles. The smallest absolute Gasteiger partial charge is 0.389 e. The van der Waals surface area contributed by atoms with Gasteiger partial charge in [-0.2, -0.15) is 13.2 Å². The van der Waals surface area contributed by atoms with Crippen molar-refractivity contribution in [1.29, 1.82) is 0 Å². The van der Waals surface area contributed by atoms with Gasteiger partial charge in [-0.15, -0.1) is 0 Å². The highest BCUT2D eigenvalue weighted by Crippen LogP contribution is 2.29. The predicted octanol–water partition coefficient (Wildman–Crippen LogP) is 4.36. The van der Waals surface area contributed by atoms with Gasteiger partial charge < -0.3 is 13.9 Å². The lowest BCUT2D eigenvalue weighted by Crippen LogP contribution is -2.20. The summed E-state index contributed by atoms with van der Waals surface area (Å²) in [6.07, 6.45) is -3.59. The molecule has 3 rings (SSSR count). The number of halogens is 4. The summed E-state index contributed by atoms with van der Waals surface area (Å²) in [6, 6.07) is 7.18. The van der Waals surface area contributed by atoms with Crippen LogP contribution in [0.1, 0.15) is 29.7 Å². The van der Waals surface area contributed by atoms with Crippen LogP contribution in [0.5, 0.6) is 0 Å². The van der Waals surface area contributed by atoms with Crippen LogP contribution >= 0.6 is 0 Å². The molecule has 0 spiro atoms. The van der Waals surface area contributed by atoms with Gasteiger partial charge in [0.05, 0.1) is 7.11 Å². The fourth-order valence-corrected chi connectivity index (χ4v) is 3.66. The fraction of sp³-hybridized carbons (Fsp3) is 0.364. The van der Waals surface area contributed by atoms with Gasteiger partial charge in [-0.05, 0) is 42.7 Å². The Morgan fingerprint density at radius 1 is 1.16 bits per heavy atom. The standard InChI is InChI=1S/C22H22F4N2O3/c1-14-17(18-11-16(23)5-6-19(18)28(14)13-21(30)31-2)10-15-4-7-20(29)27(12-15)9-3-8-22(24,25)26/h4-7,11-12H,3,8-10,13H2,1-2H3. The number of carbonyl (C=O) groups excluding carboxylic acids is 1. The number of hydrogen-bond acceptors (Lipinski definition) is 3. The van der Waals surface area contributed by atoms with Crippen LogP contribution in [-0.4, -0.2) is 28.4 Å². The van der Waals surface area contributed by atoms with Crippen LogP contribution in [0.4, 0.5) is 17.6 Å². The first kappa shape index (κ1) is 22.6. The van der Waals surface area contributed by atoms with Gasteiger partial charge in [-0.3, -0.25) is 9.59 Å². The number of nitrogens with zero attached hydrogens (tertiary/aromatic N) is 2. The summed E-state index contributed by atoms with van der Waals surface area (Å²) in [5.74, 6) is -0.879. The normalized spacial score (nSPS) is 11.8. The number of pyridine rings is 1. The van der Waals surface area contributed by atoms with Crippen molar-refractivity contribution in [2.75, 3.05) is 7.11 Å². The van der Waals surface area contributed by atoms with Crippen LogP contribution in [-0.2, 0) is 29.0 Å². The molecular formula is C22H22F4N2O3. The van der Waals surface area contributed by atoms with Gasteiger partial charge in [0.25, 0.3) is 5.56 Å². The molecule has 0 radical (unpaired) electrons. The van der Waals surface area contributed by atoms with Crippen LogP contribution in [0.3, 0.4) is 0 Å². The van der Waals surface area contributed by atoms with Crippen LogP contribution in [0.15, 0.2) is 41.3 Å². The maximum Gasteiger partial charge on any atom is 0.389 e. The van der Waals surface area contributed by atoms with Gasteiger partial charge >= 0.3 is 12.1 Å². The van der Waals surface area contributed by atoms with Crippen molar-refractivity contribution < 1.29 is 27.1 Å². The summed E-state index contributed by atoms with van der Waals surface area (Å²) < 4.78 is 58.9. The van der Waals surface area contributed by atoms with E-state index >= 15 is 0 Å². The fourth-order valence-electron chi connectivity index (χ4n) is 3.66. The van der Waals surface area contributed by atoms with E-state index in [0.29, 0.717) is 22.9 Å². The van der Waals surface area contributed by atoms with Gasteiger partial charge in [-0.1, -0.05) is 6.07 Å². The monoisotopic (exact) mass is 438 g/mol. The van der Waals surface area contributed by atoms with Crippen LogP contribution < -0.4 is 5.56 Å².